The molecule has 0 bridgehead atoms. The minimum absolute atomic E-state index is 0.289. The molecule has 0 radical (unpaired) electrons. The van der Waals surface area contributed by atoms with Crippen LogP contribution in [-0.4, -0.2) is 16.2 Å². The van der Waals surface area contributed by atoms with Gasteiger partial charge in [0.05, 0.1) is 0 Å². The van der Waals surface area contributed by atoms with E-state index in [2.05, 4.69) is 11.8 Å². The molecule has 0 aromatic heterocycles. The Bertz CT molecular complexity index is 415. The number of phenolic OH excluding ortho intramolecular Hbond substituents is 1. The Labute approximate surface area is 79.8 Å². The van der Waals surface area contributed by atoms with E-state index in [1.807, 2.05) is 0 Å². The molecule has 0 heterocycles. The van der Waals surface area contributed by atoms with Gasteiger partial charge >= 0.3 is 5.97 Å². The molecule has 14 heavy (non-hydrogen) atoms. The van der Waals surface area contributed by atoms with Crippen LogP contribution in [-0.2, 0) is 4.79 Å². The van der Waals surface area contributed by atoms with Gasteiger partial charge in [0.15, 0.2) is 11.6 Å². The van der Waals surface area contributed by atoms with Crippen molar-refractivity contribution in [3.63, 3.8) is 0 Å². The summed E-state index contributed by atoms with van der Waals surface area (Å²) in [6, 6.07) is 3.62. The summed E-state index contributed by atoms with van der Waals surface area (Å²) >= 11 is 0. The molecule has 0 amide bonds. The summed E-state index contributed by atoms with van der Waals surface area (Å²) in [7, 11) is 0. The van der Waals surface area contributed by atoms with Gasteiger partial charge in [0.1, 0.15) is 6.42 Å². The molecule has 4 heteroatoms. The van der Waals surface area contributed by atoms with Crippen molar-refractivity contribution >= 4 is 5.97 Å². The number of carbonyl (C=O) groups is 1. The Morgan fingerprint density at radius 2 is 2.21 bits per heavy atom. The van der Waals surface area contributed by atoms with Crippen molar-refractivity contribution < 1.29 is 19.4 Å². The Balaban J connectivity index is 2.81. The van der Waals surface area contributed by atoms with E-state index in [1.165, 1.54) is 12.1 Å². The van der Waals surface area contributed by atoms with E-state index in [1.54, 1.807) is 0 Å². The topological polar surface area (TPSA) is 57.5 Å². The third-order valence-electron chi connectivity index (χ3n) is 1.42. The highest BCUT2D eigenvalue weighted by Gasteiger charge is 1.98. The van der Waals surface area contributed by atoms with Crippen molar-refractivity contribution in [2.45, 2.75) is 6.42 Å². The highest BCUT2D eigenvalue weighted by molar-refractivity contribution is 5.70. The molecule has 1 aromatic rings. The van der Waals surface area contributed by atoms with Crippen LogP contribution in [0.3, 0.4) is 0 Å². The van der Waals surface area contributed by atoms with E-state index in [0.29, 0.717) is 5.56 Å². The van der Waals surface area contributed by atoms with Crippen LogP contribution >= 0.6 is 0 Å². The molecule has 0 spiro atoms. The number of hydrogen-bond acceptors (Lipinski definition) is 2. The zero-order valence-corrected chi connectivity index (χ0v) is 7.12. The molecule has 0 saturated heterocycles. The molecule has 0 aliphatic heterocycles. The second-order valence-electron chi connectivity index (χ2n) is 2.54. The summed E-state index contributed by atoms with van der Waals surface area (Å²) in [4.78, 5) is 10.1. The van der Waals surface area contributed by atoms with Crippen molar-refractivity contribution in [1.82, 2.24) is 0 Å². The van der Waals surface area contributed by atoms with Crippen LogP contribution in [0.5, 0.6) is 5.75 Å². The quantitative estimate of drug-likeness (QED) is 0.663. The van der Waals surface area contributed by atoms with Crippen LogP contribution in [0.1, 0.15) is 12.0 Å². The second-order valence-corrected chi connectivity index (χ2v) is 2.54. The van der Waals surface area contributed by atoms with E-state index in [4.69, 9.17) is 10.2 Å². The number of phenols is 1. The first-order valence-corrected chi connectivity index (χ1v) is 3.79. The van der Waals surface area contributed by atoms with Gasteiger partial charge in [-0.05, 0) is 18.2 Å². The molecular weight excluding hydrogens is 187 g/mol. The minimum Gasteiger partial charge on any atom is -0.505 e. The van der Waals surface area contributed by atoms with E-state index in [-0.39, 0.29) is 6.42 Å². The van der Waals surface area contributed by atoms with Gasteiger partial charge in [-0.15, -0.1) is 0 Å². The summed E-state index contributed by atoms with van der Waals surface area (Å²) in [5, 5.41) is 17.1. The normalized spacial score (nSPS) is 8.93. The third kappa shape index (κ3) is 2.79. The monoisotopic (exact) mass is 194 g/mol. The van der Waals surface area contributed by atoms with E-state index in [9.17, 15) is 9.18 Å². The molecule has 0 aliphatic rings. The molecule has 72 valence electrons. The first-order chi connectivity index (χ1) is 6.59. The SMILES string of the molecule is O=C(O)CC#Cc1ccc(O)c(F)c1. The Morgan fingerprint density at radius 1 is 1.50 bits per heavy atom. The van der Waals surface area contributed by atoms with Crippen LogP contribution in [0.15, 0.2) is 18.2 Å². The largest absolute Gasteiger partial charge is 0.505 e. The van der Waals surface area contributed by atoms with Crippen molar-refractivity contribution in [3.05, 3.63) is 29.6 Å². The van der Waals surface area contributed by atoms with Gasteiger partial charge in [0, 0.05) is 5.56 Å². The molecule has 0 aliphatic carbocycles. The molecule has 1 aromatic carbocycles. The van der Waals surface area contributed by atoms with Gasteiger partial charge in [0.25, 0.3) is 0 Å². The van der Waals surface area contributed by atoms with E-state index in [0.717, 1.165) is 6.07 Å². The fourth-order valence-electron chi connectivity index (χ4n) is 0.807. The lowest BCUT2D eigenvalue weighted by atomic mass is 10.2. The Morgan fingerprint density at radius 3 is 2.79 bits per heavy atom. The first-order valence-electron chi connectivity index (χ1n) is 3.79. The van der Waals surface area contributed by atoms with Crippen molar-refractivity contribution in [3.8, 4) is 17.6 Å². The number of aromatic hydroxyl groups is 1. The van der Waals surface area contributed by atoms with Crippen LogP contribution in [0.25, 0.3) is 0 Å². The lowest BCUT2D eigenvalue weighted by Gasteiger charge is -1.94. The number of aliphatic carboxylic acids is 1. The van der Waals surface area contributed by atoms with Crippen molar-refractivity contribution in [1.29, 1.82) is 0 Å². The van der Waals surface area contributed by atoms with E-state index < -0.39 is 17.5 Å². The average molecular weight is 194 g/mol. The van der Waals surface area contributed by atoms with Crippen LogP contribution < -0.4 is 0 Å². The Kier molecular flexibility index (Phi) is 3.08. The molecule has 2 N–H and O–H groups in total. The highest BCUT2D eigenvalue weighted by Crippen LogP contribution is 2.15. The van der Waals surface area contributed by atoms with Gasteiger partial charge in [-0.2, -0.15) is 0 Å². The van der Waals surface area contributed by atoms with E-state index >= 15 is 0 Å². The van der Waals surface area contributed by atoms with Gasteiger partial charge in [-0.1, -0.05) is 11.8 Å². The lowest BCUT2D eigenvalue weighted by molar-refractivity contribution is -0.135. The number of carboxylic acid groups (broad SMARTS) is 1. The maximum absolute atomic E-state index is 12.7. The maximum atomic E-state index is 12.7. The number of benzene rings is 1. The van der Waals surface area contributed by atoms with Crippen LogP contribution in [0.4, 0.5) is 4.39 Å². The standard InChI is InChI=1S/C10H7FO3/c11-8-6-7(4-5-9(8)12)2-1-3-10(13)14/h4-6,12H,3H2,(H,13,14). The molecule has 0 fully saturated rings. The second kappa shape index (κ2) is 4.28. The fraction of sp³-hybridized carbons (Fsp3) is 0.100. The summed E-state index contributed by atoms with van der Waals surface area (Å²) in [6.45, 7) is 0. The van der Waals surface area contributed by atoms with Gasteiger partial charge in [-0.3, -0.25) is 4.79 Å². The molecular formula is C10H7FO3. The summed E-state index contributed by atoms with van der Waals surface area (Å²) in [5.41, 5.74) is 0.335. The number of hydrogen-bond donors (Lipinski definition) is 2. The number of rotatable bonds is 1. The van der Waals surface area contributed by atoms with Crippen molar-refractivity contribution in [2.75, 3.05) is 0 Å². The zero-order valence-electron chi connectivity index (χ0n) is 7.12. The third-order valence-corrected chi connectivity index (χ3v) is 1.42. The van der Waals surface area contributed by atoms with Gasteiger partial charge in [-0.25, -0.2) is 4.39 Å². The van der Waals surface area contributed by atoms with Gasteiger partial charge < -0.3 is 10.2 Å². The molecule has 1 rings (SSSR count). The summed E-state index contributed by atoms with van der Waals surface area (Å²) in [5.74, 6) is 2.56. The summed E-state index contributed by atoms with van der Waals surface area (Å²) in [6.07, 6.45) is -0.289. The highest BCUT2D eigenvalue weighted by atomic mass is 19.1. The van der Waals surface area contributed by atoms with Crippen LogP contribution in [0.2, 0.25) is 0 Å². The average Bonchev–Trinajstić information content (AvgIpc) is 2.10. The molecule has 0 saturated carbocycles. The lowest BCUT2D eigenvalue weighted by Crippen LogP contribution is -1.90. The minimum atomic E-state index is -1.03. The zero-order chi connectivity index (χ0) is 10.6. The number of halogens is 1. The van der Waals surface area contributed by atoms with Crippen molar-refractivity contribution in [2.24, 2.45) is 0 Å². The smallest absolute Gasteiger partial charge is 0.315 e. The molecule has 0 unspecified atom stereocenters. The molecule has 3 nitrogen and oxygen atoms in total. The predicted molar refractivity (Wildman–Crippen MR) is 47.2 cm³/mol. The molecule has 0 atom stereocenters. The van der Waals surface area contributed by atoms with Crippen LogP contribution in [0, 0.1) is 17.7 Å². The summed E-state index contributed by atoms with van der Waals surface area (Å²) < 4.78 is 12.7. The number of carboxylic acids is 1. The maximum Gasteiger partial charge on any atom is 0.315 e. The fourth-order valence-corrected chi connectivity index (χ4v) is 0.807. The predicted octanol–water partition coefficient (Wildman–Crippen LogP) is 1.36. The van der Waals surface area contributed by atoms with Gasteiger partial charge in [0.2, 0.25) is 0 Å². The first kappa shape index (κ1) is 10.1. The Hall–Kier alpha value is -2.02.